The van der Waals surface area contributed by atoms with E-state index in [2.05, 4.69) is 29.4 Å². The topological polar surface area (TPSA) is 50.2 Å². The molecule has 0 bridgehead atoms. The Kier molecular flexibility index (Phi) is 7.37. The lowest BCUT2D eigenvalue weighted by Crippen LogP contribution is -2.49. The van der Waals surface area contributed by atoms with Crippen LogP contribution in [0.15, 0.2) is 48.5 Å². The van der Waals surface area contributed by atoms with E-state index in [0.29, 0.717) is 51.6 Å². The fourth-order valence-corrected chi connectivity index (χ4v) is 5.57. The minimum absolute atomic E-state index is 0.0242. The van der Waals surface area contributed by atoms with E-state index in [-0.39, 0.29) is 11.7 Å². The smallest absolute Gasteiger partial charge is 0.270 e. The molecule has 3 heterocycles. The molecule has 0 unspecified atom stereocenters. The third-order valence-electron chi connectivity index (χ3n) is 7.49. The van der Waals surface area contributed by atoms with Crippen LogP contribution in [0.25, 0.3) is 0 Å². The van der Waals surface area contributed by atoms with E-state index in [0.717, 1.165) is 47.0 Å². The van der Waals surface area contributed by atoms with Crippen LogP contribution in [0.5, 0.6) is 5.75 Å². The highest BCUT2D eigenvalue weighted by molar-refractivity contribution is 5.97. The van der Waals surface area contributed by atoms with Crippen LogP contribution in [-0.2, 0) is 11.3 Å². The van der Waals surface area contributed by atoms with E-state index in [4.69, 9.17) is 9.47 Å². The van der Waals surface area contributed by atoms with Crippen molar-refractivity contribution in [2.24, 2.45) is 0 Å². The Labute approximate surface area is 218 Å². The molecule has 3 aromatic rings. The largest absolute Gasteiger partial charge is 0.497 e. The van der Waals surface area contributed by atoms with Crippen molar-refractivity contribution in [1.82, 2.24) is 9.47 Å². The van der Waals surface area contributed by atoms with Crippen molar-refractivity contribution < 1.29 is 18.7 Å². The highest BCUT2D eigenvalue weighted by atomic mass is 19.1. The van der Waals surface area contributed by atoms with Crippen LogP contribution in [0, 0.1) is 19.7 Å². The molecule has 0 atom stereocenters. The van der Waals surface area contributed by atoms with E-state index in [9.17, 15) is 9.18 Å². The Bertz CT molecular complexity index is 1260. The Morgan fingerprint density at radius 1 is 0.946 bits per heavy atom. The number of aromatic nitrogens is 1. The van der Waals surface area contributed by atoms with Gasteiger partial charge in [-0.2, -0.15) is 0 Å². The predicted octanol–water partition coefficient (Wildman–Crippen LogP) is 4.10. The Hall–Kier alpha value is -3.52. The van der Waals surface area contributed by atoms with Crippen LogP contribution in [0.4, 0.5) is 15.8 Å². The van der Waals surface area contributed by atoms with Crippen molar-refractivity contribution in [2.75, 3.05) is 69.4 Å². The number of piperazine rings is 1. The summed E-state index contributed by atoms with van der Waals surface area (Å²) in [6, 6.07) is 14.8. The second kappa shape index (κ2) is 10.8. The third-order valence-corrected chi connectivity index (χ3v) is 7.49. The van der Waals surface area contributed by atoms with Gasteiger partial charge in [0.1, 0.15) is 17.3 Å². The standard InChI is InChI=1S/C29H35FN4O3/c1-21-27(32-15-17-37-18-16-32)22(2)34(20-23-7-6-8-24(19-23)36-3)28(21)29(35)33-13-11-31(12-14-33)26-10-5-4-9-25(26)30/h4-10,19H,11-18,20H2,1-3H3. The number of benzene rings is 2. The minimum atomic E-state index is -0.226. The molecule has 2 fully saturated rings. The average molecular weight is 507 g/mol. The lowest BCUT2D eigenvalue weighted by Gasteiger charge is -2.36. The molecule has 2 aromatic carbocycles. The van der Waals surface area contributed by atoms with Crippen molar-refractivity contribution >= 4 is 17.3 Å². The average Bonchev–Trinajstić information content (AvgIpc) is 3.18. The monoisotopic (exact) mass is 506 g/mol. The fraction of sp³-hybridized carbons (Fsp3) is 0.414. The summed E-state index contributed by atoms with van der Waals surface area (Å²) in [7, 11) is 1.66. The summed E-state index contributed by atoms with van der Waals surface area (Å²) in [6.07, 6.45) is 0. The van der Waals surface area contributed by atoms with Gasteiger partial charge in [-0.3, -0.25) is 4.79 Å². The third kappa shape index (κ3) is 5.03. The van der Waals surface area contributed by atoms with Gasteiger partial charge in [-0.15, -0.1) is 0 Å². The van der Waals surface area contributed by atoms with Crippen molar-refractivity contribution in [2.45, 2.75) is 20.4 Å². The van der Waals surface area contributed by atoms with Crippen molar-refractivity contribution in [3.05, 3.63) is 76.9 Å². The van der Waals surface area contributed by atoms with Gasteiger partial charge in [-0.1, -0.05) is 24.3 Å². The molecule has 0 saturated carbocycles. The summed E-state index contributed by atoms with van der Waals surface area (Å²) in [4.78, 5) is 20.3. The summed E-state index contributed by atoms with van der Waals surface area (Å²) < 4.78 is 27.5. The lowest BCUT2D eigenvalue weighted by molar-refractivity contribution is 0.0735. The highest BCUT2D eigenvalue weighted by Gasteiger charge is 2.31. The number of carbonyl (C=O) groups excluding carboxylic acids is 1. The molecule has 37 heavy (non-hydrogen) atoms. The van der Waals surface area contributed by atoms with Gasteiger partial charge < -0.3 is 28.7 Å². The summed E-state index contributed by atoms with van der Waals surface area (Å²) in [5.74, 6) is 0.594. The predicted molar refractivity (Wildman–Crippen MR) is 144 cm³/mol. The number of ether oxygens (including phenoxy) is 2. The Morgan fingerprint density at radius 2 is 1.68 bits per heavy atom. The number of morpholine rings is 1. The first kappa shape index (κ1) is 25.1. The van der Waals surface area contributed by atoms with Crippen LogP contribution < -0.4 is 14.5 Å². The molecule has 2 aliphatic heterocycles. The minimum Gasteiger partial charge on any atom is -0.497 e. The maximum absolute atomic E-state index is 14.3. The molecule has 5 rings (SSSR count). The fourth-order valence-electron chi connectivity index (χ4n) is 5.57. The number of anilines is 2. The number of para-hydroxylation sites is 1. The van der Waals surface area contributed by atoms with Crippen LogP contribution in [0.3, 0.4) is 0 Å². The molecule has 0 aliphatic carbocycles. The SMILES string of the molecule is COc1cccc(Cn2c(C)c(N3CCOCC3)c(C)c2C(=O)N2CCN(c3ccccc3F)CC2)c1. The summed E-state index contributed by atoms with van der Waals surface area (Å²) in [5.41, 5.74) is 5.60. The van der Waals surface area contributed by atoms with Gasteiger partial charge in [0.15, 0.2) is 0 Å². The van der Waals surface area contributed by atoms with E-state index in [1.807, 2.05) is 34.1 Å². The van der Waals surface area contributed by atoms with Crippen LogP contribution in [0.2, 0.25) is 0 Å². The van der Waals surface area contributed by atoms with Crippen LogP contribution >= 0.6 is 0 Å². The summed E-state index contributed by atoms with van der Waals surface area (Å²) in [5, 5.41) is 0. The highest BCUT2D eigenvalue weighted by Crippen LogP contribution is 2.33. The van der Waals surface area contributed by atoms with Gasteiger partial charge >= 0.3 is 0 Å². The van der Waals surface area contributed by atoms with Gasteiger partial charge in [-0.25, -0.2) is 4.39 Å². The van der Waals surface area contributed by atoms with E-state index >= 15 is 0 Å². The first-order valence-corrected chi connectivity index (χ1v) is 12.9. The number of hydrogen-bond acceptors (Lipinski definition) is 5. The number of methoxy groups -OCH3 is 1. The maximum Gasteiger partial charge on any atom is 0.270 e. The van der Waals surface area contributed by atoms with Crippen LogP contribution in [-0.4, -0.2) is 75.0 Å². The van der Waals surface area contributed by atoms with Crippen molar-refractivity contribution in [1.29, 1.82) is 0 Å². The summed E-state index contributed by atoms with van der Waals surface area (Å²) >= 11 is 0. The quantitative estimate of drug-likeness (QED) is 0.504. The first-order chi connectivity index (χ1) is 18.0. The molecule has 1 amide bonds. The maximum atomic E-state index is 14.3. The molecule has 2 aliphatic rings. The molecule has 7 nitrogen and oxygen atoms in total. The lowest BCUT2D eigenvalue weighted by atomic mass is 10.1. The number of rotatable bonds is 6. The Morgan fingerprint density at radius 3 is 2.38 bits per heavy atom. The van der Waals surface area contributed by atoms with E-state index in [1.54, 1.807) is 19.2 Å². The molecular weight excluding hydrogens is 471 g/mol. The molecule has 2 saturated heterocycles. The molecule has 8 heteroatoms. The first-order valence-electron chi connectivity index (χ1n) is 12.9. The second-order valence-electron chi connectivity index (χ2n) is 9.68. The van der Waals surface area contributed by atoms with Crippen LogP contribution in [0.1, 0.15) is 27.3 Å². The van der Waals surface area contributed by atoms with Gasteiger partial charge in [0, 0.05) is 57.1 Å². The number of halogens is 1. The molecular formula is C29H35FN4O3. The normalized spacial score (nSPS) is 16.3. The molecule has 0 radical (unpaired) electrons. The number of hydrogen-bond donors (Lipinski definition) is 0. The molecule has 1 aromatic heterocycles. The van der Waals surface area contributed by atoms with Gasteiger partial charge in [-0.05, 0) is 43.7 Å². The number of carbonyl (C=O) groups is 1. The second-order valence-corrected chi connectivity index (χ2v) is 9.68. The summed E-state index contributed by atoms with van der Waals surface area (Å²) in [6.45, 7) is 9.99. The molecule has 196 valence electrons. The van der Waals surface area contributed by atoms with Crippen molar-refractivity contribution in [3.8, 4) is 5.75 Å². The molecule has 0 N–H and O–H groups in total. The van der Waals surface area contributed by atoms with E-state index in [1.165, 1.54) is 6.07 Å². The Balaban J connectivity index is 1.45. The molecule has 0 spiro atoms. The number of amides is 1. The van der Waals surface area contributed by atoms with E-state index < -0.39 is 0 Å². The zero-order valence-corrected chi connectivity index (χ0v) is 21.9. The number of nitrogens with zero attached hydrogens (tertiary/aromatic N) is 4. The van der Waals surface area contributed by atoms with Gasteiger partial charge in [0.2, 0.25) is 0 Å². The zero-order valence-electron chi connectivity index (χ0n) is 21.9. The van der Waals surface area contributed by atoms with Gasteiger partial charge in [0.25, 0.3) is 5.91 Å². The van der Waals surface area contributed by atoms with Gasteiger partial charge in [0.05, 0.1) is 31.7 Å². The zero-order chi connectivity index (χ0) is 25.9. The van der Waals surface area contributed by atoms with Crippen molar-refractivity contribution in [3.63, 3.8) is 0 Å².